The van der Waals surface area contributed by atoms with Crippen LogP contribution in [0.25, 0.3) is 11.1 Å². The summed E-state index contributed by atoms with van der Waals surface area (Å²) in [5.41, 5.74) is 2.02. The fourth-order valence-corrected chi connectivity index (χ4v) is 4.01. The summed E-state index contributed by atoms with van der Waals surface area (Å²) in [5, 5.41) is 0. The summed E-state index contributed by atoms with van der Waals surface area (Å²) in [4.78, 5) is 0.581. The molecule has 0 saturated carbocycles. The molecule has 3 rings (SSSR count). The average Bonchev–Trinajstić information content (AvgIpc) is 2.56. The lowest BCUT2D eigenvalue weighted by molar-refractivity contribution is 0.596. The molecule has 0 amide bonds. The first-order valence-corrected chi connectivity index (χ1v) is 9.90. The highest BCUT2D eigenvalue weighted by molar-refractivity contribution is 9.10. The van der Waals surface area contributed by atoms with Crippen molar-refractivity contribution in [3.8, 4) is 11.1 Å². The van der Waals surface area contributed by atoms with E-state index in [4.69, 9.17) is 0 Å². The van der Waals surface area contributed by atoms with Gasteiger partial charge in [-0.25, -0.2) is 8.42 Å². The zero-order chi connectivity index (χ0) is 16.4. The van der Waals surface area contributed by atoms with Crippen molar-refractivity contribution in [3.05, 3.63) is 81.7 Å². The number of hydrogen-bond donors (Lipinski definition) is 0. The molecule has 0 spiro atoms. The van der Waals surface area contributed by atoms with E-state index in [0.717, 1.165) is 20.1 Å². The zero-order valence-electron chi connectivity index (χ0n) is 11.9. The molecule has 0 saturated heterocycles. The molecule has 116 valence electrons. The van der Waals surface area contributed by atoms with Crippen molar-refractivity contribution in [2.45, 2.75) is 9.79 Å². The topological polar surface area (TPSA) is 34.1 Å². The molecule has 0 aliphatic heterocycles. The normalized spacial score (nSPS) is 11.4. The lowest BCUT2D eigenvalue weighted by atomic mass is 10.1. The first kappa shape index (κ1) is 16.4. The highest BCUT2D eigenvalue weighted by Crippen LogP contribution is 2.26. The van der Waals surface area contributed by atoms with Crippen molar-refractivity contribution in [2.75, 3.05) is 0 Å². The number of rotatable bonds is 3. The molecule has 0 aliphatic carbocycles. The zero-order valence-corrected chi connectivity index (χ0v) is 15.9. The van der Waals surface area contributed by atoms with E-state index in [0.29, 0.717) is 4.90 Å². The molecule has 3 aromatic rings. The van der Waals surface area contributed by atoms with Crippen molar-refractivity contribution in [2.24, 2.45) is 0 Å². The number of halogens is 2. The summed E-state index contributed by atoms with van der Waals surface area (Å²) in [7, 11) is -3.49. The monoisotopic (exact) mass is 450 g/mol. The molecule has 0 unspecified atom stereocenters. The SMILES string of the molecule is O=S(=O)(c1ccc(Br)cc1)c1ccc(-c2ccc(Br)cc2)cc1. The number of hydrogen-bond acceptors (Lipinski definition) is 2. The van der Waals surface area contributed by atoms with Crippen molar-refractivity contribution < 1.29 is 8.42 Å². The highest BCUT2D eigenvalue weighted by atomic mass is 79.9. The van der Waals surface area contributed by atoms with Gasteiger partial charge in [0.1, 0.15) is 0 Å². The van der Waals surface area contributed by atoms with Gasteiger partial charge in [-0.15, -0.1) is 0 Å². The maximum Gasteiger partial charge on any atom is 0.206 e. The first-order valence-electron chi connectivity index (χ1n) is 6.83. The van der Waals surface area contributed by atoms with E-state index in [1.165, 1.54) is 0 Å². The summed E-state index contributed by atoms with van der Waals surface area (Å²) >= 11 is 6.71. The molecule has 0 radical (unpaired) electrons. The minimum Gasteiger partial charge on any atom is -0.219 e. The van der Waals surface area contributed by atoms with E-state index in [2.05, 4.69) is 31.9 Å². The molecule has 5 heteroatoms. The van der Waals surface area contributed by atoms with Crippen LogP contribution in [-0.4, -0.2) is 8.42 Å². The second kappa shape index (κ2) is 6.59. The molecule has 2 nitrogen and oxygen atoms in total. The highest BCUT2D eigenvalue weighted by Gasteiger charge is 2.17. The predicted molar refractivity (Wildman–Crippen MR) is 99.2 cm³/mol. The van der Waals surface area contributed by atoms with Gasteiger partial charge in [-0.2, -0.15) is 0 Å². The van der Waals surface area contributed by atoms with Crippen LogP contribution in [0.3, 0.4) is 0 Å². The molecule has 0 aromatic heterocycles. The van der Waals surface area contributed by atoms with E-state index in [9.17, 15) is 8.42 Å². The third-order valence-corrected chi connectivity index (χ3v) is 6.31. The molecule has 0 bridgehead atoms. The fraction of sp³-hybridized carbons (Fsp3) is 0. The molecule has 0 atom stereocenters. The van der Waals surface area contributed by atoms with Crippen molar-refractivity contribution in [1.82, 2.24) is 0 Å². The Bertz CT molecular complexity index is 914. The Morgan fingerprint density at radius 3 is 1.26 bits per heavy atom. The van der Waals surface area contributed by atoms with E-state index >= 15 is 0 Å². The minimum atomic E-state index is -3.49. The first-order chi connectivity index (χ1) is 11.0. The number of benzene rings is 3. The Hall–Kier alpha value is -1.43. The van der Waals surface area contributed by atoms with Gasteiger partial charge in [0.2, 0.25) is 9.84 Å². The fourth-order valence-electron chi connectivity index (χ4n) is 2.22. The molecule has 0 N–H and O–H groups in total. The van der Waals surface area contributed by atoms with Gasteiger partial charge in [-0.3, -0.25) is 0 Å². The summed E-state index contributed by atoms with van der Waals surface area (Å²) in [5.74, 6) is 0. The standard InChI is InChI=1S/C18H12Br2O2S/c19-15-5-1-13(2-6-15)14-3-9-17(10-4-14)23(21,22)18-11-7-16(20)8-12-18/h1-12H. The summed E-state index contributed by atoms with van der Waals surface area (Å²) < 4.78 is 27.1. The Balaban J connectivity index is 1.95. The molecule has 0 fully saturated rings. The van der Waals surface area contributed by atoms with Gasteiger partial charge in [-0.05, 0) is 59.7 Å². The van der Waals surface area contributed by atoms with Crippen LogP contribution in [0.15, 0.2) is 91.5 Å². The van der Waals surface area contributed by atoms with Crippen molar-refractivity contribution in [1.29, 1.82) is 0 Å². The van der Waals surface area contributed by atoms with Crippen LogP contribution in [0.5, 0.6) is 0 Å². The van der Waals surface area contributed by atoms with Crippen LogP contribution in [0.2, 0.25) is 0 Å². The van der Waals surface area contributed by atoms with Crippen LogP contribution < -0.4 is 0 Å². The van der Waals surface area contributed by atoms with Gasteiger partial charge >= 0.3 is 0 Å². The van der Waals surface area contributed by atoms with Crippen LogP contribution in [0.4, 0.5) is 0 Å². The van der Waals surface area contributed by atoms with Gasteiger partial charge in [0, 0.05) is 8.95 Å². The van der Waals surface area contributed by atoms with Gasteiger partial charge < -0.3 is 0 Å². The minimum absolute atomic E-state index is 0.289. The Morgan fingerprint density at radius 1 is 0.522 bits per heavy atom. The molecule has 23 heavy (non-hydrogen) atoms. The maximum atomic E-state index is 12.6. The second-order valence-corrected chi connectivity index (χ2v) is 8.77. The van der Waals surface area contributed by atoms with Gasteiger partial charge in [0.05, 0.1) is 9.79 Å². The summed E-state index contributed by atoms with van der Waals surface area (Å²) in [6.07, 6.45) is 0. The Labute approximate surface area is 152 Å². The van der Waals surface area contributed by atoms with E-state index in [1.54, 1.807) is 36.4 Å². The van der Waals surface area contributed by atoms with Crippen LogP contribution in [-0.2, 0) is 9.84 Å². The van der Waals surface area contributed by atoms with E-state index < -0.39 is 9.84 Å². The number of sulfone groups is 1. The predicted octanol–water partition coefficient (Wildman–Crippen LogP) is 5.71. The molecule has 3 aromatic carbocycles. The third-order valence-electron chi connectivity index (χ3n) is 3.47. The van der Waals surface area contributed by atoms with Crippen LogP contribution >= 0.6 is 31.9 Å². The molecular weight excluding hydrogens is 440 g/mol. The lowest BCUT2D eigenvalue weighted by Crippen LogP contribution is -2.01. The molecular formula is C18H12Br2O2S. The maximum absolute atomic E-state index is 12.6. The Morgan fingerprint density at radius 2 is 0.826 bits per heavy atom. The van der Waals surface area contributed by atoms with E-state index in [-0.39, 0.29) is 4.90 Å². The van der Waals surface area contributed by atoms with Crippen molar-refractivity contribution in [3.63, 3.8) is 0 Å². The lowest BCUT2D eigenvalue weighted by Gasteiger charge is -2.07. The largest absolute Gasteiger partial charge is 0.219 e. The van der Waals surface area contributed by atoms with Gasteiger partial charge in [0.25, 0.3) is 0 Å². The third kappa shape index (κ3) is 3.57. The van der Waals surface area contributed by atoms with Crippen LogP contribution in [0, 0.1) is 0 Å². The second-order valence-electron chi connectivity index (χ2n) is 4.99. The summed E-state index contributed by atoms with van der Waals surface area (Å²) in [6.45, 7) is 0. The van der Waals surface area contributed by atoms with Crippen molar-refractivity contribution >= 4 is 41.7 Å². The smallest absolute Gasteiger partial charge is 0.206 e. The van der Waals surface area contributed by atoms with Gasteiger partial charge in [-0.1, -0.05) is 56.1 Å². The van der Waals surface area contributed by atoms with Crippen LogP contribution in [0.1, 0.15) is 0 Å². The molecule has 0 aliphatic rings. The summed E-state index contributed by atoms with van der Waals surface area (Å²) in [6, 6.07) is 21.5. The molecule has 0 heterocycles. The average molecular weight is 452 g/mol. The van der Waals surface area contributed by atoms with E-state index in [1.807, 2.05) is 36.4 Å². The Kier molecular flexibility index (Phi) is 4.71. The van der Waals surface area contributed by atoms with Gasteiger partial charge in [0.15, 0.2) is 0 Å². The quantitative estimate of drug-likeness (QED) is 0.510.